The predicted octanol–water partition coefficient (Wildman–Crippen LogP) is 5.37. The maximum atomic E-state index is 5.86. The second-order valence-corrected chi connectivity index (χ2v) is 7.34. The standard InChI is InChI=1S/C9H9ClN2.C8H6ClIN2/c1-6-8-4-3-7(10)5-9(8)12(2)11-6;1-12-7-4-5(9)2-3-6(7)8(10)11-12/h3-5H,1-2H3;2-4H,1H3. The molecule has 2 aromatic carbocycles. The Labute approximate surface area is 163 Å². The molecule has 4 aromatic rings. The average Bonchev–Trinajstić information content (AvgIpc) is 2.96. The molecule has 2 aromatic heterocycles. The fraction of sp³-hybridized carbons (Fsp3) is 0.176. The van der Waals surface area contributed by atoms with Crippen LogP contribution in [0.4, 0.5) is 0 Å². The molecule has 0 aliphatic heterocycles. The van der Waals surface area contributed by atoms with Crippen molar-refractivity contribution >= 4 is 67.6 Å². The van der Waals surface area contributed by atoms with Gasteiger partial charge < -0.3 is 0 Å². The van der Waals surface area contributed by atoms with E-state index in [1.54, 1.807) is 0 Å². The van der Waals surface area contributed by atoms with Crippen LogP contribution in [0.5, 0.6) is 0 Å². The molecule has 0 amide bonds. The maximum absolute atomic E-state index is 5.86. The molecular weight excluding hydrogens is 458 g/mol. The minimum absolute atomic E-state index is 0.752. The number of hydrogen-bond donors (Lipinski definition) is 0. The molecule has 0 bridgehead atoms. The number of aryl methyl sites for hydroxylation is 3. The molecule has 124 valence electrons. The van der Waals surface area contributed by atoms with Gasteiger partial charge in [0, 0.05) is 34.9 Å². The fourth-order valence-corrected chi connectivity index (χ4v) is 3.71. The van der Waals surface area contributed by atoms with Crippen LogP contribution in [0.2, 0.25) is 10.0 Å². The zero-order chi connectivity index (χ0) is 17.4. The van der Waals surface area contributed by atoms with E-state index in [0.29, 0.717) is 0 Å². The Morgan fingerprint density at radius 1 is 0.833 bits per heavy atom. The van der Waals surface area contributed by atoms with E-state index >= 15 is 0 Å². The van der Waals surface area contributed by atoms with Crippen LogP contribution >= 0.6 is 45.8 Å². The second-order valence-electron chi connectivity index (χ2n) is 5.45. The van der Waals surface area contributed by atoms with Gasteiger partial charge >= 0.3 is 0 Å². The highest BCUT2D eigenvalue weighted by molar-refractivity contribution is 14.1. The zero-order valence-corrected chi connectivity index (χ0v) is 17.1. The minimum atomic E-state index is 0.752. The van der Waals surface area contributed by atoms with Gasteiger partial charge in [0.2, 0.25) is 0 Å². The smallest absolute Gasteiger partial charge is 0.131 e. The molecule has 2 heterocycles. The van der Waals surface area contributed by atoms with Gasteiger partial charge in [-0.3, -0.25) is 9.36 Å². The first kappa shape index (κ1) is 17.5. The lowest BCUT2D eigenvalue weighted by molar-refractivity contribution is 0.783. The van der Waals surface area contributed by atoms with E-state index in [1.807, 2.05) is 66.8 Å². The number of hydrogen-bond acceptors (Lipinski definition) is 2. The van der Waals surface area contributed by atoms with Crippen LogP contribution < -0.4 is 0 Å². The van der Waals surface area contributed by atoms with Crippen LogP contribution in [0.15, 0.2) is 36.4 Å². The van der Waals surface area contributed by atoms with Crippen molar-refractivity contribution in [2.24, 2.45) is 14.1 Å². The van der Waals surface area contributed by atoms with Gasteiger partial charge in [-0.2, -0.15) is 10.2 Å². The van der Waals surface area contributed by atoms with Crippen molar-refractivity contribution in [3.8, 4) is 0 Å². The highest BCUT2D eigenvalue weighted by Crippen LogP contribution is 2.23. The normalized spacial score (nSPS) is 10.9. The quantitative estimate of drug-likeness (QED) is 0.322. The molecule has 0 atom stereocenters. The summed E-state index contributed by atoms with van der Waals surface area (Å²) in [6.45, 7) is 2.00. The van der Waals surface area contributed by atoms with E-state index in [1.165, 1.54) is 5.39 Å². The van der Waals surface area contributed by atoms with Crippen LogP contribution in [-0.2, 0) is 14.1 Å². The minimum Gasteiger partial charge on any atom is -0.268 e. The molecule has 0 N–H and O–H groups in total. The van der Waals surface area contributed by atoms with E-state index in [9.17, 15) is 0 Å². The Bertz CT molecular complexity index is 952. The third-order valence-electron chi connectivity index (χ3n) is 3.77. The van der Waals surface area contributed by atoms with Crippen molar-refractivity contribution < 1.29 is 0 Å². The van der Waals surface area contributed by atoms with Gasteiger partial charge in [0.15, 0.2) is 0 Å². The highest BCUT2D eigenvalue weighted by Gasteiger charge is 2.05. The maximum Gasteiger partial charge on any atom is 0.131 e. The van der Waals surface area contributed by atoms with Crippen molar-refractivity contribution in [3.63, 3.8) is 0 Å². The van der Waals surface area contributed by atoms with Crippen LogP contribution in [0.1, 0.15) is 5.69 Å². The lowest BCUT2D eigenvalue weighted by atomic mass is 10.2. The van der Waals surface area contributed by atoms with Crippen LogP contribution in [0.3, 0.4) is 0 Å². The average molecular weight is 473 g/mol. The van der Waals surface area contributed by atoms with Gasteiger partial charge in [0.25, 0.3) is 0 Å². The van der Waals surface area contributed by atoms with Crippen molar-refractivity contribution in [1.82, 2.24) is 19.6 Å². The molecule has 0 radical (unpaired) electrons. The lowest BCUT2D eigenvalue weighted by Gasteiger charge is -1.93. The van der Waals surface area contributed by atoms with E-state index < -0.39 is 0 Å². The topological polar surface area (TPSA) is 35.6 Å². The van der Waals surface area contributed by atoms with Crippen molar-refractivity contribution in [3.05, 3.63) is 55.8 Å². The third kappa shape index (κ3) is 3.38. The molecule has 0 saturated carbocycles. The third-order valence-corrected chi connectivity index (χ3v) is 5.03. The van der Waals surface area contributed by atoms with Crippen LogP contribution in [0, 0.1) is 10.6 Å². The monoisotopic (exact) mass is 472 g/mol. The molecular formula is C17H15Cl2IN4. The Balaban J connectivity index is 0.000000141. The van der Waals surface area contributed by atoms with Crippen molar-refractivity contribution in [2.45, 2.75) is 6.92 Å². The van der Waals surface area contributed by atoms with Gasteiger partial charge in [-0.25, -0.2) is 0 Å². The summed E-state index contributed by atoms with van der Waals surface area (Å²) in [6.07, 6.45) is 0. The molecule has 0 fully saturated rings. The van der Waals surface area contributed by atoms with E-state index in [4.69, 9.17) is 23.2 Å². The Kier molecular flexibility index (Phi) is 5.03. The largest absolute Gasteiger partial charge is 0.268 e. The molecule has 0 aliphatic carbocycles. The van der Waals surface area contributed by atoms with Gasteiger partial charge in [0.05, 0.1) is 16.7 Å². The first-order valence-corrected chi connectivity index (χ1v) is 9.07. The number of halogens is 3. The van der Waals surface area contributed by atoms with Gasteiger partial charge in [-0.1, -0.05) is 23.2 Å². The first-order chi connectivity index (χ1) is 11.4. The number of aromatic nitrogens is 4. The molecule has 0 unspecified atom stereocenters. The fourth-order valence-electron chi connectivity index (χ4n) is 2.60. The Morgan fingerprint density at radius 3 is 1.96 bits per heavy atom. The zero-order valence-electron chi connectivity index (χ0n) is 13.4. The number of nitrogens with zero attached hydrogens (tertiary/aromatic N) is 4. The molecule has 4 rings (SSSR count). The predicted molar refractivity (Wildman–Crippen MR) is 109 cm³/mol. The molecule has 24 heavy (non-hydrogen) atoms. The van der Waals surface area contributed by atoms with E-state index in [-0.39, 0.29) is 0 Å². The Morgan fingerprint density at radius 2 is 1.33 bits per heavy atom. The molecule has 0 spiro atoms. The van der Waals surface area contributed by atoms with Gasteiger partial charge in [-0.05, 0) is 65.9 Å². The molecule has 0 aliphatic rings. The Hall–Kier alpha value is -1.31. The molecule has 0 saturated heterocycles. The summed E-state index contributed by atoms with van der Waals surface area (Å²) in [4.78, 5) is 0. The van der Waals surface area contributed by atoms with Crippen LogP contribution in [-0.4, -0.2) is 19.6 Å². The van der Waals surface area contributed by atoms with Crippen molar-refractivity contribution in [1.29, 1.82) is 0 Å². The lowest BCUT2D eigenvalue weighted by Crippen LogP contribution is -1.88. The molecule has 4 nitrogen and oxygen atoms in total. The van der Waals surface area contributed by atoms with Crippen LogP contribution in [0.25, 0.3) is 21.8 Å². The van der Waals surface area contributed by atoms with E-state index in [2.05, 4.69) is 32.8 Å². The first-order valence-electron chi connectivity index (χ1n) is 7.23. The van der Waals surface area contributed by atoms with Gasteiger partial charge in [0.1, 0.15) is 3.70 Å². The number of rotatable bonds is 0. The number of benzene rings is 2. The second kappa shape index (κ2) is 6.90. The summed E-state index contributed by atoms with van der Waals surface area (Å²) < 4.78 is 4.70. The summed E-state index contributed by atoms with van der Waals surface area (Å²) in [5, 5.41) is 12.4. The number of fused-ring (bicyclic) bond motifs is 2. The highest BCUT2D eigenvalue weighted by atomic mass is 127. The summed E-state index contributed by atoms with van der Waals surface area (Å²) in [5.74, 6) is 0. The van der Waals surface area contributed by atoms with E-state index in [0.717, 1.165) is 35.9 Å². The van der Waals surface area contributed by atoms with Crippen molar-refractivity contribution in [2.75, 3.05) is 0 Å². The molecule has 7 heteroatoms. The summed E-state index contributed by atoms with van der Waals surface area (Å²) >= 11 is 13.9. The van der Waals surface area contributed by atoms with Gasteiger partial charge in [-0.15, -0.1) is 0 Å². The summed E-state index contributed by atoms with van der Waals surface area (Å²) in [6, 6.07) is 11.6. The summed E-state index contributed by atoms with van der Waals surface area (Å²) in [7, 11) is 3.84. The SMILES string of the molecule is Cc1nn(C)c2cc(Cl)ccc12.Cn1nc(I)c2ccc(Cl)cc21. The summed E-state index contributed by atoms with van der Waals surface area (Å²) in [5.41, 5.74) is 3.20.